The zero-order valence-corrected chi connectivity index (χ0v) is 15.6. The van der Waals surface area contributed by atoms with Gasteiger partial charge in [-0.2, -0.15) is 0 Å². The largest absolute Gasteiger partial charge is 0.490 e. The van der Waals surface area contributed by atoms with Crippen molar-refractivity contribution in [1.82, 2.24) is 0 Å². The van der Waals surface area contributed by atoms with Gasteiger partial charge in [0.1, 0.15) is 5.00 Å². The maximum absolute atomic E-state index is 12.6. The number of anilines is 1. The molecule has 0 saturated heterocycles. The van der Waals surface area contributed by atoms with E-state index in [2.05, 4.69) is 5.32 Å². The van der Waals surface area contributed by atoms with E-state index >= 15 is 0 Å². The molecule has 2 rings (SSSR count). The third-order valence-corrected chi connectivity index (χ3v) is 4.12. The smallest absolute Gasteiger partial charge is 0.338 e. The molecular formula is C18H21NO6S. The van der Waals surface area contributed by atoms with Crippen LogP contribution in [0, 0.1) is 0 Å². The van der Waals surface area contributed by atoms with Crippen LogP contribution in [0.25, 0.3) is 0 Å². The maximum atomic E-state index is 12.6. The van der Waals surface area contributed by atoms with E-state index in [4.69, 9.17) is 19.3 Å². The van der Waals surface area contributed by atoms with Crippen LogP contribution in [-0.4, -0.2) is 36.8 Å². The van der Waals surface area contributed by atoms with Crippen molar-refractivity contribution in [2.75, 3.05) is 25.1 Å². The average Bonchev–Trinajstić information content (AvgIpc) is 3.06. The standard InChI is InChI=1S/C18H21NO6S/c1-4-23-13-9-11(10-14(24-5-2)15(13)25-6-3)16(20)19-17-12(18(21)22)7-8-26-17/h7-10H,4-6H2,1-3H3,(H,19,20)(H,21,22). The van der Waals surface area contributed by atoms with Gasteiger partial charge in [-0.15, -0.1) is 11.3 Å². The summed E-state index contributed by atoms with van der Waals surface area (Å²) >= 11 is 1.14. The number of hydrogen-bond acceptors (Lipinski definition) is 6. The Labute approximate surface area is 155 Å². The molecule has 1 aromatic carbocycles. The zero-order valence-electron chi connectivity index (χ0n) is 14.8. The number of nitrogens with one attached hydrogen (secondary N) is 1. The highest BCUT2D eigenvalue weighted by atomic mass is 32.1. The minimum Gasteiger partial charge on any atom is -0.490 e. The van der Waals surface area contributed by atoms with Gasteiger partial charge in [0.2, 0.25) is 5.75 Å². The Hall–Kier alpha value is -2.74. The molecule has 0 atom stereocenters. The molecular weight excluding hydrogens is 358 g/mol. The van der Waals surface area contributed by atoms with Crippen molar-refractivity contribution in [3.05, 3.63) is 34.7 Å². The molecule has 2 aromatic rings. The first-order chi connectivity index (χ1) is 12.5. The molecule has 8 heteroatoms. The highest BCUT2D eigenvalue weighted by molar-refractivity contribution is 7.14. The minimum absolute atomic E-state index is 0.0457. The fourth-order valence-corrected chi connectivity index (χ4v) is 3.04. The molecule has 0 unspecified atom stereocenters. The molecule has 2 N–H and O–H groups in total. The van der Waals surface area contributed by atoms with Crippen LogP contribution < -0.4 is 19.5 Å². The van der Waals surface area contributed by atoms with E-state index in [-0.39, 0.29) is 16.1 Å². The van der Waals surface area contributed by atoms with E-state index in [1.807, 2.05) is 20.8 Å². The summed E-state index contributed by atoms with van der Waals surface area (Å²) in [4.78, 5) is 23.8. The van der Waals surface area contributed by atoms with Gasteiger partial charge in [-0.1, -0.05) is 0 Å². The molecule has 140 valence electrons. The molecule has 0 aliphatic carbocycles. The van der Waals surface area contributed by atoms with Gasteiger partial charge >= 0.3 is 5.97 Å². The van der Waals surface area contributed by atoms with Crippen LogP contribution >= 0.6 is 11.3 Å². The summed E-state index contributed by atoms with van der Waals surface area (Å²) in [6, 6.07) is 4.55. The predicted molar refractivity (Wildman–Crippen MR) is 99.2 cm³/mol. The van der Waals surface area contributed by atoms with Crippen molar-refractivity contribution < 1.29 is 28.9 Å². The fraction of sp³-hybridized carbons (Fsp3) is 0.333. The first-order valence-corrected chi connectivity index (χ1v) is 9.08. The molecule has 26 heavy (non-hydrogen) atoms. The number of ether oxygens (including phenoxy) is 3. The minimum atomic E-state index is -1.10. The lowest BCUT2D eigenvalue weighted by atomic mass is 10.1. The van der Waals surface area contributed by atoms with Crippen LogP contribution in [0.15, 0.2) is 23.6 Å². The molecule has 0 fully saturated rings. The number of benzene rings is 1. The number of carbonyl (C=O) groups is 2. The topological polar surface area (TPSA) is 94.1 Å². The number of carbonyl (C=O) groups excluding carboxylic acids is 1. The number of rotatable bonds is 9. The number of hydrogen-bond donors (Lipinski definition) is 2. The number of carboxylic acids is 1. The molecule has 0 bridgehead atoms. The summed E-state index contributed by atoms with van der Waals surface area (Å²) in [6.07, 6.45) is 0. The molecule has 1 heterocycles. The van der Waals surface area contributed by atoms with Gasteiger partial charge in [0.05, 0.1) is 25.4 Å². The van der Waals surface area contributed by atoms with Gasteiger partial charge in [-0.05, 0) is 44.4 Å². The Kier molecular flexibility index (Phi) is 6.85. The summed E-state index contributed by atoms with van der Waals surface area (Å²) in [5, 5.41) is 13.7. The SMILES string of the molecule is CCOc1cc(C(=O)Nc2sccc2C(=O)O)cc(OCC)c1OCC. The van der Waals surface area contributed by atoms with Gasteiger partial charge in [0.25, 0.3) is 5.91 Å². The van der Waals surface area contributed by atoms with E-state index < -0.39 is 11.9 Å². The summed E-state index contributed by atoms with van der Waals surface area (Å²) in [7, 11) is 0. The lowest BCUT2D eigenvalue weighted by Gasteiger charge is -2.17. The van der Waals surface area contributed by atoms with Gasteiger partial charge in [-0.25, -0.2) is 4.79 Å². The number of aromatic carboxylic acids is 1. The lowest BCUT2D eigenvalue weighted by molar-refractivity contribution is 0.0698. The van der Waals surface area contributed by atoms with Gasteiger partial charge in [0.15, 0.2) is 11.5 Å². The quantitative estimate of drug-likeness (QED) is 0.686. The van der Waals surface area contributed by atoms with Crippen LogP contribution in [0.1, 0.15) is 41.5 Å². The molecule has 1 amide bonds. The number of thiophene rings is 1. The third kappa shape index (κ3) is 4.45. The normalized spacial score (nSPS) is 10.3. The van der Waals surface area contributed by atoms with E-state index in [9.17, 15) is 9.59 Å². The number of amides is 1. The Morgan fingerprint density at radius 1 is 1.04 bits per heavy atom. The van der Waals surface area contributed by atoms with Crippen LogP contribution in [0.4, 0.5) is 5.00 Å². The van der Waals surface area contributed by atoms with Crippen molar-refractivity contribution in [3.8, 4) is 17.2 Å². The van der Waals surface area contributed by atoms with E-state index in [1.54, 1.807) is 17.5 Å². The highest BCUT2D eigenvalue weighted by Crippen LogP contribution is 2.39. The van der Waals surface area contributed by atoms with Crippen molar-refractivity contribution >= 4 is 28.2 Å². The van der Waals surface area contributed by atoms with Crippen molar-refractivity contribution in [1.29, 1.82) is 0 Å². The second kappa shape index (κ2) is 9.10. The first-order valence-electron chi connectivity index (χ1n) is 8.20. The van der Waals surface area contributed by atoms with Crippen molar-refractivity contribution in [2.45, 2.75) is 20.8 Å². The van der Waals surface area contributed by atoms with Crippen LogP contribution in [-0.2, 0) is 0 Å². The van der Waals surface area contributed by atoms with Crippen molar-refractivity contribution in [3.63, 3.8) is 0 Å². The van der Waals surface area contributed by atoms with E-state index in [0.29, 0.717) is 37.1 Å². The van der Waals surface area contributed by atoms with Crippen LogP contribution in [0.5, 0.6) is 17.2 Å². The Balaban J connectivity index is 2.39. The van der Waals surface area contributed by atoms with Crippen LogP contribution in [0.2, 0.25) is 0 Å². The molecule has 0 radical (unpaired) electrons. The molecule has 0 aliphatic heterocycles. The number of carboxylic acid groups (broad SMARTS) is 1. The Morgan fingerprint density at radius 3 is 2.12 bits per heavy atom. The van der Waals surface area contributed by atoms with Gasteiger partial charge in [-0.3, -0.25) is 4.79 Å². The van der Waals surface area contributed by atoms with E-state index in [0.717, 1.165) is 11.3 Å². The Bertz CT molecular complexity index is 759. The lowest BCUT2D eigenvalue weighted by Crippen LogP contribution is -2.14. The van der Waals surface area contributed by atoms with Gasteiger partial charge in [0, 0.05) is 5.56 Å². The second-order valence-electron chi connectivity index (χ2n) is 5.02. The molecule has 7 nitrogen and oxygen atoms in total. The first kappa shape index (κ1) is 19.6. The Morgan fingerprint density at radius 2 is 1.62 bits per heavy atom. The van der Waals surface area contributed by atoms with Crippen LogP contribution in [0.3, 0.4) is 0 Å². The summed E-state index contributed by atoms with van der Waals surface area (Å²) in [5.41, 5.74) is 0.328. The zero-order chi connectivity index (χ0) is 19.1. The third-order valence-electron chi connectivity index (χ3n) is 3.29. The monoisotopic (exact) mass is 379 g/mol. The van der Waals surface area contributed by atoms with Crippen molar-refractivity contribution in [2.24, 2.45) is 0 Å². The fourth-order valence-electron chi connectivity index (χ4n) is 2.27. The molecule has 0 saturated carbocycles. The van der Waals surface area contributed by atoms with Gasteiger partial charge < -0.3 is 24.6 Å². The summed E-state index contributed by atoms with van der Waals surface area (Å²) in [5.74, 6) is -0.321. The summed E-state index contributed by atoms with van der Waals surface area (Å²) in [6.45, 7) is 6.70. The molecule has 1 aromatic heterocycles. The highest BCUT2D eigenvalue weighted by Gasteiger charge is 2.20. The van der Waals surface area contributed by atoms with E-state index in [1.165, 1.54) is 6.07 Å². The molecule has 0 aliphatic rings. The molecule has 0 spiro atoms. The maximum Gasteiger partial charge on any atom is 0.338 e. The summed E-state index contributed by atoms with van der Waals surface area (Å²) < 4.78 is 16.8. The second-order valence-corrected chi connectivity index (χ2v) is 5.94. The average molecular weight is 379 g/mol. The predicted octanol–water partition coefficient (Wildman–Crippen LogP) is 3.89.